The molecule has 3 heterocycles. The van der Waals surface area contributed by atoms with E-state index in [0.29, 0.717) is 22.2 Å². The summed E-state index contributed by atoms with van der Waals surface area (Å²) in [4.78, 5) is 60.3. The highest BCUT2D eigenvalue weighted by Gasteiger charge is 2.55. The molecule has 0 radical (unpaired) electrons. The number of aromatic nitrogens is 1. The van der Waals surface area contributed by atoms with Gasteiger partial charge in [-0.1, -0.05) is 290 Å². The Morgan fingerprint density at radius 1 is 0.582 bits per heavy atom. The Bertz CT molecular complexity index is 4140. The van der Waals surface area contributed by atoms with Crippen molar-refractivity contribution in [3.05, 3.63) is 359 Å². The molecular weight excluding hydrogens is 1190 g/mol. The second-order valence-corrected chi connectivity index (χ2v) is 27.1. The Morgan fingerprint density at radius 2 is 1.00 bits per heavy atom. The number of thiazole rings is 1. The number of ether oxygens (including phenoxy) is 2. The first-order valence-electron chi connectivity index (χ1n) is 29.8. The smallest absolute Gasteiger partial charge is 0.355 e. The normalized spacial score (nSPS) is 14.9. The molecule has 0 saturated carbocycles. The van der Waals surface area contributed by atoms with Gasteiger partial charge in [0.2, 0.25) is 5.60 Å². The molecule has 1 aromatic heterocycles. The van der Waals surface area contributed by atoms with Crippen LogP contribution in [0.15, 0.2) is 319 Å². The summed E-state index contributed by atoms with van der Waals surface area (Å²) in [6.45, 7) is -2.80. The number of amides is 2. The number of hydrogen-bond donors (Lipinski definition) is 2. The fraction of sp³-hybridized carbons (Fsp3) is 0.0909. The largest absolute Gasteiger partial charge is 0.497 e. The van der Waals surface area contributed by atoms with E-state index in [1.54, 1.807) is 12.5 Å². The number of anilines is 1. The molecule has 91 heavy (non-hydrogen) atoms. The van der Waals surface area contributed by atoms with E-state index < -0.39 is 47.2 Å². The van der Waals surface area contributed by atoms with Gasteiger partial charge in [0, 0.05) is 27.8 Å². The number of thioether (sulfide) groups is 1. The number of nitrogens with zero attached hydrogens (tertiary/aromatic N) is 3. The van der Waals surface area contributed by atoms with Gasteiger partial charge >= 0.3 is 5.97 Å². The van der Waals surface area contributed by atoms with Crippen molar-refractivity contribution in [1.29, 1.82) is 0 Å². The number of hydrogen-bond acceptors (Lipinski definition) is 11. The number of esters is 1. The average molecular weight is 1250 g/mol. The second kappa shape index (κ2) is 26.8. The second-order valence-electron chi connectivity index (χ2n) is 21.8. The van der Waals surface area contributed by atoms with Crippen molar-refractivity contribution in [3.63, 3.8) is 0 Å². The van der Waals surface area contributed by atoms with Crippen LogP contribution in [-0.2, 0) is 41.7 Å². The summed E-state index contributed by atoms with van der Waals surface area (Å²) >= 11 is 2.78. The number of fused-ring (bicyclic) bond motifs is 1. The fourth-order valence-electron chi connectivity index (χ4n) is 12.2. The Morgan fingerprint density at radius 3 is 1.43 bits per heavy atom. The number of rotatable bonds is 21. The first kappa shape index (κ1) is 59.7. The number of β-lactam (4-membered cyclic amide) rings is 1. The van der Waals surface area contributed by atoms with Crippen LogP contribution in [0.4, 0.5) is 5.13 Å². The zero-order chi connectivity index (χ0) is 62.0. The number of oxime groups is 1. The molecule has 2 atom stereocenters. The standard InChI is InChI=1S/C77H62N5O6PS2/c1-86-63-49-47-55(48-50-63)51-87-74(85)70-56(52-89(64-41-23-8-24-42-64,65-43-25-9-26-44-65)66-45-27-10-28-46-66)53-90-73-69(72(84)82(70)73)79-71(83)68(81-88-77(60-35-17-5-18-36-60,61-37-19-6-20-38-61)62-39-21-7-22-40-62)67-54-91-75(78-67)80-76(57-29-11-2-12-30-57,58-31-13-3-14-32-58)59-33-15-4-16-34-59/h2-50,52,54,69,73H,51,53H2,1H3,(H,78,80)(H,79,83)/b81-68-. The van der Waals surface area contributed by atoms with E-state index in [0.717, 1.165) is 54.9 Å². The third-order valence-electron chi connectivity index (χ3n) is 16.5. The minimum absolute atomic E-state index is 0.0696. The summed E-state index contributed by atoms with van der Waals surface area (Å²) < 4.78 is 11.6. The van der Waals surface area contributed by atoms with E-state index in [9.17, 15) is 0 Å². The van der Waals surface area contributed by atoms with Gasteiger partial charge in [0.15, 0.2) is 10.8 Å². The Labute approximate surface area is 537 Å². The summed E-state index contributed by atoms with van der Waals surface area (Å²) in [6, 6.07) is 97.0. The molecule has 11 aromatic rings. The number of nitrogens with one attached hydrogen (secondary N) is 2. The molecule has 13 rings (SSSR count). The van der Waals surface area contributed by atoms with Gasteiger partial charge in [0.25, 0.3) is 11.8 Å². The fourth-order valence-corrected chi connectivity index (χ4v) is 18.3. The van der Waals surface area contributed by atoms with Crippen LogP contribution in [0.3, 0.4) is 0 Å². The maximum Gasteiger partial charge on any atom is 0.355 e. The predicted molar refractivity (Wildman–Crippen MR) is 368 cm³/mol. The third-order valence-corrected chi connectivity index (χ3v) is 22.6. The molecule has 11 nitrogen and oxygen atoms in total. The summed E-state index contributed by atoms with van der Waals surface area (Å²) in [5.74, 6) is 1.29. The quantitative estimate of drug-likeness (QED) is 0.0180. The van der Waals surface area contributed by atoms with Gasteiger partial charge in [-0.2, -0.15) is 0 Å². The molecule has 2 amide bonds. The van der Waals surface area contributed by atoms with Gasteiger partial charge < -0.3 is 24.9 Å². The van der Waals surface area contributed by atoms with Crippen LogP contribution in [0, 0.1) is 0 Å². The minimum Gasteiger partial charge on any atom is -0.497 e. The number of benzene rings is 10. The first-order valence-corrected chi connectivity index (χ1v) is 33.6. The van der Waals surface area contributed by atoms with Gasteiger partial charge in [-0.15, -0.1) is 23.1 Å². The lowest BCUT2D eigenvalue weighted by Crippen LogP contribution is -2.71. The third kappa shape index (κ3) is 11.7. The summed E-state index contributed by atoms with van der Waals surface area (Å²) in [7, 11) is 1.60. The van der Waals surface area contributed by atoms with Gasteiger partial charge in [-0.25, -0.2) is 9.78 Å². The van der Waals surface area contributed by atoms with Crippen LogP contribution in [0.25, 0.3) is 0 Å². The van der Waals surface area contributed by atoms with E-state index in [-0.39, 0.29) is 23.7 Å². The van der Waals surface area contributed by atoms with Crippen LogP contribution in [-0.4, -0.2) is 63.5 Å². The lowest BCUT2D eigenvalue weighted by molar-refractivity contribution is -0.153. The van der Waals surface area contributed by atoms with Crippen molar-refractivity contribution in [2.75, 3.05) is 18.2 Å². The number of methoxy groups -OCH3 is 1. The summed E-state index contributed by atoms with van der Waals surface area (Å²) in [5, 5.41) is 16.7. The molecule has 1 saturated heterocycles. The van der Waals surface area contributed by atoms with Crippen molar-refractivity contribution >= 4 is 80.3 Å². The van der Waals surface area contributed by atoms with E-state index in [2.05, 4.69) is 89.2 Å². The Hall–Kier alpha value is -10.3. The Balaban J connectivity index is 0.928. The molecular formula is C77H62N5O6PS2. The SMILES string of the molecule is COc1ccc(COC(=O)C2=C(C=P(c3ccccc3)(c3ccccc3)c3ccccc3)CSC3C(NC(=O)/C(=N\OC(c4ccccc4)(c4ccccc4)c4ccccc4)c4csc(NC(c5ccccc5)(c5ccccc5)c5ccccc5)n4)C(=O)N23)cc1. The van der Waals surface area contributed by atoms with Gasteiger partial charge in [-0.3, -0.25) is 14.5 Å². The molecule has 2 aliphatic rings. The Kier molecular flexibility index (Phi) is 17.6. The van der Waals surface area contributed by atoms with Crippen LogP contribution in [0.5, 0.6) is 5.75 Å². The van der Waals surface area contributed by atoms with Crippen LogP contribution >= 0.6 is 30.0 Å². The highest BCUT2D eigenvalue weighted by molar-refractivity contribution is 8.00. The minimum atomic E-state index is -2.73. The molecule has 2 aliphatic heterocycles. The van der Waals surface area contributed by atoms with Crippen molar-refractivity contribution in [3.8, 4) is 5.75 Å². The first-order chi connectivity index (χ1) is 44.8. The zero-order valence-corrected chi connectivity index (χ0v) is 52.1. The van der Waals surface area contributed by atoms with Crippen LogP contribution < -0.4 is 31.3 Å². The molecule has 2 unspecified atom stereocenters. The van der Waals surface area contributed by atoms with E-state index >= 15 is 14.4 Å². The van der Waals surface area contributed by atoms with E-state index in [1.807, 2.05) is 224 Å². The summed E-state index contributed by atoms with van der Waals surface area (Å²) in [6.07, 6.45) is 0. The van der Waals surface area contributed by atoms with Crippen LogP contribution in [0.2, 0.25) is 0 Å². The summed E-state index contributed by atoms with van der Waals surface area (Å²) in [5.41, 5.74) is 4.28. The highest BCUT2D eigenvalue weighted by Crippen LogP contribution is 2.49. The topological polar surface area (TPSA) is 131 Å². The molecule has 0 bridgehead atoms. The van der Waals surface area contributed by atoms with E-state index in [4.69, 9.17) is 24.5 Å². The lowest BCUT2D eigenvalue weighted by Gasteiger charge is -2.49. The van der Waals surface area contributed by atoms with Gasteiger partial charge in [-0.05, 0) is 68.6 Å². The molecule has 10 aromatic carbocycles. The monoisotopic (exact) mass is 1250 g/mol. The number of carbonyl (C=O) groups is 3. The predicted octanol–water partition coefficient (Wildman–Crippen LogP) is 13.5. The molecule has 448 valence electrons. The molecule has 2 N–H and O–H groups in total. The average Bonchev–Trinajstić information content (AvgIpc) is 1.07. The van der Waals surface area contributed by atoms with E-state index in [1.165, 1.54) is 28.0 Å². The molecule has 0 aliphatic carbocycles. The highest BCUT2D eigenvalue weighted by atomic mass is 32.2. The van der Waals surface area contributed by atoms with Crippen LogP contribution in [0.1, 0.15) is 44.6 Å². The van der Waals surface area contributed by atoms with Gasteiger partial charge in [0.1, 0.15) is 40.7 Å². The van der Waals surface area contributed by atoms with Gasteiger partial charge in [0.05, 0.1) is 7.11 Å². The van der Waals surface area contributed by atoms with Crippen molar-refractivity contribution in [2.45, 2.75) is 29.2 Å². The maximum atomic E-state index is 15.8. The van der Waals surface area contributed by atoms with Crippen molar-refractivity contribution < 1.29 is 28.7 Å². The molecule has 1 fully saturated rings. The molecule has 14 heteroatoms. The molecule has 0 spiro atoms. The maximum absolute atomic E-state index is 15.8. The lowest BCUT2D eigenvalue weighted by atomic mass is 9.77. The van der Waals surface area contributed by atoms with Crippen molar-refractivity contribution in [2.24, 2.45) is 5.16 Å². The van der Waals surface area contributed by atoms with Crippen molar-refractivity contribution in [1.82, 2.24) is 15.2 Å². The zero-order valence-electron chi connectivity index (χ0n) is 49.6. The number of carbonyl (C=O) groups excluding carboxylic acids is 3.